The van der Waals surface area contributed by atoms with Gasteiger partial charge in [0, 0.05) is 0 Å². The van der Waals surface area contributed by atoms with Gasteiger partial charge in [-0.15, -0.1) is 0 Å². The van der Waals surface area contributed by atoms with Gasteiger partial charge in [-0.1, -0.05) is 30.3 Å². The van der Waals surface area contributed by atoms with Crippen LogP contribution in [0.15, 0.2) is 48.5 Å². The van der Waals surface area contributed by atoms with E-state index in [-0.39, 0.29) is 19.2 Å². The number of aliphatic hydroxyl groups is 1. The highest BCUT2D eigenvalue weighted by Crippen LogP contribution is 2.24. The minimum atomic E-state index is -0.384. The molecule has 1 N–H and O–H groups in total. The monoisotopic (exact) mass is 286 g/mol. The van der Waals surface area contributed by atoms with E-state index in [1.807, 2.05) is 42.5 Å². The van der Waals surface area contributed by atoms with E-state index >= 15 is 0 Å². The van der Waals surface area contributed by atoms with Gasteiger partial charge >= 0.3 is 5.97 Å². The molecule has 0 heterocycles. The number of benzene rings is 2. The van der Waals surface area contributed by atoms with E-state index in [9.17, 15) is 9.90 Å². The number of carbonyl (C=O) groups is 1. The van der Waals surface area contributed by atoms with Gasteiger partial charge in [-0.3, -0.25) is 0 Å². The van der Waals surface area contributed by atoms with Gasteiger partial charge < -0.3 is 14.6 Å². The number of carbonyl (C=O) groups excluding carboxylic acids is 1. The maximum absolute atomic E-state index is 11.3. The van der Waals surface area contributed by atoms with Crippen molar-refractivity contribution in [3.05, 3.63) is 54.1 Å². The summed E-state index contributed by atoms with van der Waals surface area (Å²) in [6, 6.07) is 15.1. The molecule has 0 atom stereocenters. The molecule has 4 nitrogen and oxygen atoms in total. The Kier molecular flexibility index (Phi) is 5.35. The molecule has 2 aromatic rings. The van der Waals surface area contributed by atoms with Crippen LogP contribution in [0.4, 0.5) is 0 Å². The Bertz CT molecular complexity index is 607. The lowest BCUT2D eigenvalue weighted by Crippen LogP contribution is -2.14. The van der Waals surface area contributed by atoms with Crippen LogP contribution >= 0.6 is 0 Å². The summed E-state index contributed by atoms with van der Waals surface area (Å²) in [5.74, 6) is 0.222. The summed E-state index contributed by atoms with van der Waals surface area (Å²) >= 11 is 0. The van der Waals surface area contributed by atoms with Crippen molar-refractivity contribution >= 4 is 5.97 Å². The van der Waals surface area contributed by atoms with Crippen LogP contribution in [0.1, 0.15) is 12.5 Å². The quantitative estimate of drug-likeness (QED) is 0.830. The molecule has 0 unspecified atom stereocenters. The molecule has 21 heavy (non-hydrogen) atoms. The molecular formula is C17H18O4. The lowest BCUT2D eigenvalue weighted by Gasteiger charge is -2.08. The Morgan fingerprint density at radius 3 is 2.52 bits per heavy atom. The summed E-state index contributed by atoms with van der Waals surface area (Å²) in [6.45, 7) is 2.00. The summed E-state index contributed by atoms with van der Waals surface area (Å²) in [5, 5.41) is 9.18. The SMILES string of the molecule is CCOC(=O)COc1cccc(-c2cccc(CO)c2)c1. The van der Waals surface area contributed by atoms with E-state index in [2.05, 4.69) is 0 Å². The highest BCUT2D eigenvalue weighted by atomic mass is 16.6. The zero-order valence-corrected chi connectivity index (χ0v) is 11.9. The number of aliphatic hydroxyl groups excluding tert-OH is 1. The highest BCUT2D eigenvalue weighted by Gasteiger charge is 2.05. The van der Waals surface area contributed by atoms with Crippen LogP contribution in [-0.4, -0.2) is 24.3 Å². The van der Waals surface area contributed by atoms with Crippen LogP contribution in [0.3, 0.4) is 0 Å². The van der Waals surface area contributed by atoms with E-state index in [0.717, 1.165) is 16.7 Å². The minimum Gasteiger partial charge on any atom is -0.482 e. The molecule has 0 aliphatic carbocycles. The van der Waals surface area contributed by atoms with Gasteiger partial charge in [0.15, 0.2) is 6.61 Å². The Labute approximate surface area is 123 Å². The van der Waals surface area contributed by atoms with Crippen LogP contribution in [0.5, 0.6) is 5.75 Å². The van der Waals surface area contributed by atoms with Gasteiger partial charge in [-0.25, -0.2) is 4.79 Å². The average Bonchev–Trinajstić information content (AvgIpc) is 2.53. The second kappa shape index (κ2) is 7.45. The fourth-order valence-corrected chi connectivity index (χ4v) is 1.96. The fraction of sp³-hybridized carbons (Fsp3) is 0.235. The summed E-state index contributed by atoms with van der Waals surface area (Å²) in [5.41, 5.74) is 2.81. The molecule has 0 aromatic heterocycles. The smallest absolute Gasteiger partial charge is 0.344 e. The first-order valence-electron chi connectivity index (χ1n) is 6.81. The first kappa shape index (κ1) is 15.1. The molecule has 0 aliphatic rings. The second-order valence-electron chi connectivity index (χ2n) is 4.48. The number of hydrogen-bond acceptors (Lipinski definition) is 4. The molecular weight excluding hydrogens is 268 g/mol. The molecule has 0 amide bonds. The van der Waals surface area contributed by atoms with E-state index in [0.29, 0.717) is 12.4 Å². The lowest BCUT2D eigenvalue weighted by molar-refractivity contribution is -0.145. The molecule has 2 aromatic carbocycles. The first-order valence-corrected chi connectivity index (χ1v) is 6.81. The van der Waals surface area contributed by atoms with Crippen molar-refractivity contribution in [2.45, 2.75) is 13.5 Å². The van der Waals surface area contributed by atoms with E-state index in [1.165, 1.54) is 0 Å². The van der Waals surface area contributed by atoms with E-state index in [4.69, 9.17) is 9.47 Å². The van der Waals surface area contributed by atoms with Crippen molar-refractivity contribution in [3.8, 4) is 16.9 Å². The molecule has 2 rings (SSSR count). The summed E-state index contributed by atoms with van der Waals surface area (Å²) in [4.78, 5) is 11.3. The van der Waals surface area contributed by atoms with Crippen molar-refractivity contribution < 1.29 is 19.4 Å². The number of hydrogen-bond donors (Lipinski definition) is 1. The summed E-state index contributed by atoms with van der Waals surface area (Å²) in [7, 11) is 0. The third kappa shape index (κ3) is 4.33. The van der Waals surface area contributed by atoms with Gasteiger partial charge in [-0.2, -0.15) is 0 Å². The van der Waals surface area contributed by atoms with E-state index < -0.39 is 0 Å². The standard InChI is InChI=1S/C17H18O4/c1-2-20-17(19)12-21-16-8-4-7-15(10-16)14-6-3-5-13(9-14)11-18/h3-10,18H,2,11-12H2,1H3. The zero-order valence-electron chi connectivity index (χ0n) is 11.9. The molecule has 0 bridgehead atoms. The third-order valence-corrected chi connectivity index (χ3v) is 2.94. The van der Waals surface area contributed by atoms with Crippen molar-refractivity contribution in [2.75, 3.05) is 13.2 Å². The van der Waals surface area contributed by atoms with Crippen molar-refractivity contribution in [2.24, 2.45) is 0 Å². The van der Waals surface area contributed by atoms with Gasteiger partial charge in [0.05, 0.1) is 13.2 Å². The maximum Gasteiger partial charge on any atom is 0.344 e. The summed E-state index contributed by atoms with van der Waals surface area (Å²) in [6.07, 6.45) is 0. The van der Waals surface area contributed by atoms with Gasteiger partial charge in [-0.05, 0) is 41.8 Å². The Hall–Kier alpha value is -2.33. The number of rotatable bonds is 6. The Morgan fingerprint density at radius 1 is 1.10 bits per heavy atom. The molecule has 0 aliphatic heterocycles. The normalized spacial score (nSPS) is 10.2. The maximum atomic E-state index is 11.3. The lowest BCUT2D eigenvalue weighted by atomic mass is 10.0. The van der Waals surface area contributed by atoms with Crippen molar-refractivity contribution in [1.29, 1.82) is 0 Å². The van der Waals surface area contributed by atoms with Crippen LogP contribution in [0.2, 0.25) is 0 Å². The highest BCUT2D eigenvalue weighted by molar-refractivity contribution is 5.71. The van der Waals surface area contributed by atoms with Crippen LogP contribution in [0, 0.1) is 0 Å². The zero-order chi connectivity index (χ0) is 15.1. The minimum absolute atomic E-state index is 0.00683. The van der Waals surface area contributed by atoms with Crippen LogP contribution in [-0.2, 0) is 16.1 Å². The van der Waals surface area contributed by atoms with Gasteiger partial charge in [0.2, 0.25) is 0 Å². The molecule has 4 heteroatoms. The fourth-order valence-electron chi connectivity index (χ4n) is 1.96. The predicted molar refractivity (Wildman–Crippen MR) is 79.9 cm³/mol. The Balaban J connectivity index is 2.11. The first-order chi connectivity index (χ1) is 10.2. The molecule has 110 valence electrons. The number of esters is 1. The predicted octanol–water partition coefficient (Wildman–Crippen LogP) is 2.79. The average molecular weight is 286 g/mol. The Morgan fingerprint density at radius 2 is 1.81 bits per heavy atom. The molecule has 0 saturated heterocycles. The van der Waals surface area contributed by atoms with Gasteiger partial charge in [0.1, 0.15) is 5.75 Å². The molecule has 0 saturated carbocycles. The summed E-state index contributed by atoms with van der Waals surface area (Å²) < 4.78 is 10.2. The molecule has 0 spiro atoms. The third-order valence-electron chi connectivity index (χ3n) is 2.94. The van der Waals surface area contributed by atoms with E-state index in [1.54, 1.807) is 13.0 Å². The largest absolute Gasteiger partial charge is 0.482 e. The second-order valence-corrected chi connectivity index (χ2v) is 4.48. The number of ether oxygens (including phenoxy) is 2. The van der Waals surface area contributed by atoms with Crippen molar-refractivity contribution in [3.63, 3.8) is 0 Å². The topological polar surface area (TPSA) is 55.8 Å². The van der Waals surface area contributed by atoms with Gasteiger partial charge in [0.25, 0.3) is 0 Å². The molecule has 0 radical (unpaired) electrons. The molecule has 0 fully saturated rings. The van der Waals surface area contributed by atoms with Crippen LogP contribution < -0.4 is 4.74 Å². The van der Waals surface area contributed by atoms with Crippen LogP contribution in [0.25, 0.3) is 11.1 Å². The van der Waals surface area contributed by atoms with Crippen molar-refractivity contribution in [1.82, 2.24) is 0 Å².